The van der Waals surface area contributed by atoms with Crippen LogP contribution in [0.1, 0.15) is 60.1 Å². The number of fused-ring (bicyclic) bond motifs is 4. The molecule has 0 amide bonds. The number of hydrogen-bond acceptors (Lipinski definition) is 16. The van der Waals surface area contributed by atoms with Gasteiger partial charge in [-0.15, -0.1) is 11.3 Å². The van der Waals surface area contributed by atoms with Crippen molar-refractivity contribution in [2.75, 3.05) is 5.73 Å². The van der Waals surface area contributed by atoms with Gasteiger partial charge in [0.05, 0.1) is 71.8 Å². The Kier molecular flexibility index (Phi) is 16.4. The Bertz CT molecular complexity index is 5070. The van der Waals surface area contributed by atoms with Gasteiger partial charge >= 0.3 is 0 Å². The molecule has 0 atom stereocenters. The molecule has 24 heteroatoms. The molecule has 0 bridgehead atoms. The second-order valence-electron chi connectivity index (χ2n) is 21.4. The molecule has 9 heterocycles. The Morgan fingerprint density at radius 3 is 1.32 bits per heavy atom. The number of pyridine rings is 1. The van der Waals surface area contributed by atoms with E-state index >= 15 is 0 Å². The zero-order valence-electron chi connectivity index (χ0n) is 48.3. The molecule has 13 aromatic rings. The molecule has 9 aromatic heterocycles. The van der Waals surface area contributed by atoms with Crippen LogP contribution in [-0.2, 0) is 29.5 Å². The lowest BCUT2D eigenvalue weighted by molar-refractivity contribution is 0.586. The van der Waals surface area contributed by atoms with Crippen molar-refractivity contribution in [2.45, 2.75) is 85.8 Å². The summed E-state index contributed by atoms with van der Waals surface area (Å²) >= 11 is 5.24. The summed E-state index contributed by atoms with van der Waals surface area (Å²) in [7, 11) is -9.91. The highest BCUT2D eigenvalue weighted by atomic mass is 79.9. The van der Waals surface area contributed by atoms with Crippen LogP contribution in [0.25, 0.3) is 110 Å². The van der Waals surface area contributed by atoms with Gasteiger partial charge in [0.1, 0.15) is 22.4 Å². The van der Waals surface area contributed by atoms with Gasteiger partial charge in [0.25, 0.3) is 0 Å². The van der Waals surface area contributed by atoms with Crippen LogP contribution in [-0.4, -0.2) is 101 Å². The number of benzene rings is 4. The molecule has 0 saturated carbocycles. The lowest BCUT2D eigenvalue weighted by Gasteiger charge is -2.08. The molecule has 0 fully saturated rings. The van der Waals surface area contributed by atoms with Crippen molar-refractivity contribution in [1.29, 1.82) is 0 Å². The summed E-state index contributed by atoms with van der Waals surface area (Å²) < 4.78 is 76.3. The predicted molar refractivity (Wildman–Crippen MR) is 359 cm³/mol. The number of sulfone groups is 3. The van der Waals surface area contributed by atoms with Gasteiger partial charge in [-0.05, 0) is 134 Å². The van der Waals surface area contributed by atoms with Crippen molar-refractivity contribution in [3.05, 3.63) is 168 Å². The zero-order chi connectivity index (χ0) is 61.7. The number of nitrogens with one attached hydrogen (secondary N) is 4. The van der Waals surface area contributed by atoms with E-state index in [1.54, 1.807) is 157 Å². The van der Waals surface area contributed by atoms with Gasteiger partial charge in [-0.3, -0.25) is 5.10 Å². The van der Waals surface area contributed by atoms with Crippen LogP contribution in [0.4, 0.5) is 5.82 Å². The Hall–Kier alpha value is -8.81. The topological polar surface area (TPSA) is 295 Å². The molecule has 0 saturated heterocycles. The van der Waals surface area contributed by atoms with E-state index in [1.165, 1.54) is 10.1 Å². The maximum absolute atomic E-state index is 12.4. The van der Waals surface area contributed by atoms with Crippen LogP contribution < -0.4 is 5.73 Å². The van der Waals surface area contributed by atoms with Crippen molar-refractivity contribution in [3.8, 4) is 66.5 Å². The van der Waals surface area contributed by atoms with Crippen LogP contribution in [0.15, 0.2) is 172 Å². The van der Waals surface area contributed by atoms with E-state index in [-0.39, 0.29) is 7.13 Å². The van der Waals surface area contributed by atoms with Crippen molar-refractivity contribution in [1.82, 2.24) is 60.0 Å². The first-order chi connectivity index (χ1) is 41.5. The van der Waals surface area contributed by atoms with Gasteiger partial charge in [0.15, 0.2) is 46.5 Å². The highest BCUT2D eigenvalue weighted by Gasteiger charge is 2.23. The summed E-state index contributed by atoms with van der Waals surface area (Å²) in [5, 5.41) is 7.05. The minimum Gasteiger partial charge on any atom is -0.384 e. The van der Waals surface area contributed by atoms with Crippen LogP contribution in [0, 0.1) is 13.8 Å². The van der Waals surface area contributed by atoms with Crippen LogP contribution in [0.5, 0.6) is 0 Å². The minimum atomic E-state index is -3.31. The fourth-order valence-electron chi connectivity index (χ4n) is 9.61. The number of thiophene rings is 1. The number of H-pyrrole nitrogens is 4. The van der Waals surface area contributed by atoms with Crippen molar-refractivity contribution >= 4 is 106 Å². The highest BCUT2D eigenvalue weighted by molar-refractivity contribution is 9.10. The van der Waals surface area contributed by atoms with E-state index in [4.69, 9.17) is 20.7 Å². The van der Waals surface area contributed by atoms with Gasteiger partial charge in [0, 0.05) is 96.2 Å². The smallest absolute Gasteiger partial charge is 0.180 e. The molecule has 0 aliphatic carbocycles. The number of anilines is 1. The second kappa shape index (κ2) is 23.8. The average Bonchev–Trinajstić information content (AvgIpc) is 1.63. The molecule has 452 valence electrons. The monoisotopic (exact) mass is 1310 g/mol. The third-order valence-electron chi connectivity index (χ3n) is 14.7. The first-order valence-corrected chi connectivity index (χ1v) is 33.7. The van der Waals surface area contributed by atoms with E-state index in [0.717, 1.165) is 81.9 Å². The van der Waals surface area contributed by atoms with Crippen molar-refractivity contribution < 1.29 is 32.4 Å². The maximum atomic E-state index is 12.4. The molecule has 87 heavy (non-hydrogen) atoms. The molecule has 0 unspecified atom stereocenters. The Morgan fingerprint density at radius 2 is 0.908 bits per heavy atom. The van der Waals surface area contributed by atoms with Gasteiger partial charge in [0.2, 0.25) is 0 Å². The van der Waals surface area contributed by atoms with Crippen LogP contribution in [0.3, 0.4) is 0 Å². The van der Waals surface area contributed by atoms with E-state index in [2.05, 4.69) is 79.2 Å². The fraction of sp³-hybridized carbons (Fsp3) is 0.175. The molecule has 0 aliphatic rings. The lowest BCUT2D eigenvalue weighted by atomic mass is 10.1. The normalized spacial score (nSPS) is 12.1. The number of aromatic nitrogens is 12. The van der Waals surface area contributed by atoms with Crippen molar-refractivity contribution in [2.24, 2.45) is 0 Å². The molecule has 6 N–H and O–H groups in total. The molecule has 0 aliphatic heterocycles. The number of hydrogen-bond donors (Lipinski definition) is 5. The van der Waals surface area contributed by atoms with Gasteiger partial charge < -0.3 is 20.7 Å². The molecule has 13 rings (SSSR count). The number of aryl methyl sites for hydroxylation is 2. The largest absolute Gasteiger partial charge is 0.384 e. The van der Waals surface area contributed by atoms with Crippen molar-refractivity contribution in [3.63, 3.8) is 0 Å². The van der Waals surface area contributed by atoms with E-state index in [0.29, 0.717) is 54.4 Å². The summed E-state index contributed by atoms with van der Waals surface area (Å²) in [5.41, 5.74) is 21.0. The first-order valence-electron chi connectivity index (χ1n) is 27.5. The highest BCUT2D eigenvalue weighted by Crippen LogP contribution is 2.39. The number of halogens is 1. The molecule has 19 nitrogen and oxygen atoms in total. The fourth-order valence-corrected chi connectivity index (χ4v) is 14.2. The molecule has 4 aromatic carbocycles. The average molecular weight is 1310 g/mol. The number of nitrogen functional groups attached to an aromatic ring is 1. The number of nitrogens with two attached hydrogens (primary N) is 1. The second-order valence-corrected chi connectivity index (χ2v) is 30.9. The van der Waals surface area contributed by atoms with Gasteiger partial charge in [-0.1, -0.05) is 52.3 Å². The Morgan fingerprint density at radius 1 is 0.494 bits per heavy atom. The standard InChI is InChI=1S/C23H18BrN3O2S2.C20H21N5O2S.C20H19N5O2S.5H2/c1-13(2)31(28,29)17-6-3-14(4-7-17)19-12-26-23-22(27-19)18(11-25-23)21-10-15-9-16(24)5-8-20(15)30-21;1-11(2)28(26,27)15-7-5-14(6-8-15)17-10-22-20-19(23-17)16(9-21-20)18-12(3)24-25-13(18)4;1-12(2)28(26,27)15-6-3-13(4-7-15)17-11-24-20-19(25-17)16(10-23-20)14-5-8-18(21)22-9-14;;;;;/h3-13H,1-2H3,(H,25,26);5-11H,1-4H3,(H,21,22)(H,24,25);3-12H,1-2H3,(H2,21,22)(H,23,24);5*1H. The summed E-state index contributed by atoms with van der Waals surface area (Å²) in [6, 6.07) is 32.4. The molecular formula is C63H68BrN13O6S4. The number of aromatic amines is 4. The van der Waals surface area contributed by atoms with Crippen LogP contribution >= 0.6 is 27.3 Å². The predicted octanol–water partition coefficient (Wildman–Crippen LogP) is 14.9. The third kappa shape index (κ3) is 11.9. The zero-order valence-corrected chi connectivity index (χ0v) is 53.1. The summed E-state index contributed by atoms with van der Waals surface area (Å²) in [5.74, 6) is 0.451. The van der Waals surface area contributed by atoms with E-state index in [9.17, 15) is 25.3 Å². The summed E-state index contributed by atoms with van der Waals surface area (Å²) in [6.07, 6.45) is 12.4. The van der Waals surface area contributed by atoms with Crippen LogP contribution in [0.2, 0.25) is 0 Å². The van der Waals surface area contributed by atoms with E-state index < -0.39 is 45.3 Å². The SMILES string of the molecule is CC(C)S(=O)(=O)c1ccc(-c2cnc3[nH]cc(-c4cc5cc(Br)ccc5s4)c3n2)cc1.CC(C)S(=O)(=O)c1ccc(-c2cnc3[nH]cc(-c4ccc(N)nc4)c3n2)cc1.Cc1n[nH]c(C)c1-c1c[nH]c2ncc(-c3ccc(S(=O)(=O)C(C)C)cc3)nc12.[HH].[HH].[HH].[HH].[HH]. The Balaban J connectivity index is 0.000000214. The summed E-state index contributed by atoms with van der Waals surface area (Å²) in [6.45, 7) is 14.0. The summed E-state index contributed by atoms with van der Waals surface area (Å²) in [4.78, 5) is 43.5. The van der Waals surface area contributed by atoms with Gasteiger partial charge in [-0.25, -0.2) is 60.1 Å². The van der Waals surface area contributed by atoms with Gasteiger partial charge in [-0.2, -0.15) is 5.10 Å². The Labute approximate surface area is 521 Å². The maximum Gasteiger partial charge on any atom is 0.180 e. The quantitative estimate of drug-likeness (QED) is 0.0760. The minimum absolute atomic E-state index is 0. The third-order valence-corrected chi connectivity index (χ3v) is 22.8. The number of nitrogens with zero attached hydrogens (tertiary/aromatic N) is 8. The number of rotatable bonds is 12. The molecular weight excluding hydrogens is 1240 g/mol. The van der Waals surface area contributed by atoms with E-state index in [1.807, 2.05) is 44.6 Å². The lowest BCUT2D eigenvalue weighted by Crippen LogP contribution is -2.13. The molecule has 0 radical (unpaired) electrons. The molecule has 0 spiro atoms. The first kappa shape index (κ1) is 59.9.